The van der Waals surface area contributed by atoms with Gasteiger partial charge < -0.3 is 28.6 Å². The zero-order chi connectivity index (χ0) is 32.2. The van der Waals surface area contributed by atoms with E-state index in [-0.39, 0.29) is 43.9 Å². The molecule has 1 N–H and O–H groups in total. The number of nitrogens with zero attached hydrogens (tertiary/aromatic N) is 1. The first-order chi connectivity index (χ1) is 21.4. The average molecular weight is 651 g/mol. The van der Waals surface area contributed by atoms with E-state index >= 15 is 0 Å². The Balaban J connectivity index is 1.40. The first-order valence-electron chi connectivity index (χ1n) is 14.1. The second-order valence-corrected chi connectivity index (χ2v) is 12.3. The Kier molecular flexibility index (Phi) is 9.99. The van der Waals surface area contributed by atoms with E-state index in [0.717, 1.165) is 18.4 Å². The van der Waals surface area contributed by atoms with Gasteiger partial charge in [-0.25, -0.2) is 8.42 Å². The van der Waals surface area contributed by atoms with Crippen LogP contribution in [0.2, 0.25) is 0 Å². The van der Waals surface area contributed by atoms with Crippen LogP contribution in [0.25, 0.3) is 11.1 Å². The summed E-state index contributed by atoms with van der Waals surface area (Å²) in [5.74, 6) is -0.121. The predicted molar refractivity (Wildman–Crippen MR) is 160 cm³/mol. The Morgan fingerprint density at radius 2 is 1.84 bits per heavy atom. The monoisotopic (exact) mass is 650 g/mol. The van der Waals surface area contributed by atoms with Gasteiger partial charge in [0.1, 0.15) is 11.9 Å². The highest BCUT2D eigenvalue weighted by molar-refractivity contribution is 7.92. The summed E-state index contributed by atoms with van der Waals surface area (Å²) < 4.78 is 94.9. The van der Waals surface area contributed by atoms with Gasteiger partial charge in [-0.15, -0.1) is 0 Å². The maximum Gasteiger partial charge on any atom is 0.416 e. The summed E-state index contributed by atoms with van der Waals surface area (Å²) in [5, 5.41) is 0. The molecule has 1 fully saturated rings. The van der Waals surface area contributed by atoms with E-state index in [1.807, 2.05) is 0 Å². The van der Waals surface area contributed by atoms with Gasteiger partial charge in [-0.1, -0.05) is 12.1 Å². The Bertz CT molecular complexity index is 1640. The molecule has 2 heterocycles. The van der Waals surface area contributed by atoms with Gasteiger partial charge in [0.2, 0.25) is 10.0 Å². The highest BCUT2D eigenvalue weighted by atomic mass is 32.2. The number of rotatable bonds is 11. The van der Waals surface area contributed by atoms with Crippen LogP contribution in [0.1, 0.15) is 33.2 Å². The standard InChI is InChI=1S/C31H33F3N2O8S/c1-40-9-10-42-19-44-28-6-4-25(17-27(28)35-45(2,38)39)36-8-7-21-13-20(3-5-26(21)30(36)37)22-14-23(29-18-41-11-12-43-29)16-24(15-22)31(32,33)34/h3-6,13-17,29,35H,7-12,18-19H2,1-2H3. The fraction of sp³-hybridized carbons (Fsp3) is 0.387. The predicted octanol–water partition coefficient (Wildman–Crippen LogP) is 5.03. The van der Waals surface area contributed by atoms with Crippen LogP contribution in [0.15, 0.2) is 54.6 Å². The van der Waals surface area contributed by atoms with Crippen LogP contribution in [0.3, 0.4) is 0 Å². The maximum atomic E-state index is 13.8. The van der Waals surface area contributed by atoms with Crippen LogP contribution < -0.4 is 14.4 Å². The Hall–Kier alpha value is -3.69. The minimum atomic E-state index is -4.56. The van der Waals surface area contributed by atoms with Crippen molar-refractivity contribution >= 4 is 27.3 Å². The molecule has 242 valence electrons. The van der Waals surface area contributed by atoms with E-state index < -0.39 is 27.9 Å². The molecule has 45 heavy (non-hydrogen) atoms. The summed E-state index contributed by atoms with van der Waals surface area (Å²) in [4.78, 5) is 15.1. The Morgan fingerprint density at radius 3 is 2.56 bits per heavy atom. The summed E-state index contributed by atoms with van der Waals surface area (Å²) in [6.07, 6.45) is -3.76. The van der Waals surface area contributed by atoms with E-state index in [9.17, 15) is 26.4 Å². The number of hydrogen-bond acceptors (Lipinski definition) is 8. The van der Waals surface area contributed by atoms with Crippen molar-refractivity contribution in [3.8, 4) is 16.9 Å². The number of alkyl halides is 3. The second kappa shape index (κ2) is 13.7. The van der Waals surface area contributed by atoms with Gasteiger partial charge in [0.25, 0.3) is 5.91 Å². The highest BCUT2D eigenvalue weighted by Gasteiger charge is 2.33. The minimum Gasteiger partial charge on any atom is -0.465 e. The molecule has 1 unspecified atom stereocenters. The molecule has 10 nitrogen and oxygen atoms in total. The van der Waals surface area contributed by atoms with Gasteiger partial charge >= 0.3 is 6.18 Å². The lowest BCUT2D eigenvalue weighted by Gasteiger charge is -2.30. The molecule has 2 aliphatic rings. The average Bonchev–Trinajstić information content (AvgIpc) is 3.00. The molecule has 1 saturated heterocycles. The first-order valence-corrected chi connectivity index (χ1v) is 16.0. The molecule has 0 aliphatic carbocycles. The van der Waals surface area contributed by atoms with Crippen LogP contribution >= 0.6 is 0 Å². The number of sulfonamides is 1. The van der Waals surface area contributed by atoms with E-state index in [1.54, 1.807) is 36.4 Å². The minimum absolute atomic E-state index is 0.131. The van der Waals surface area contributed by atoms with Gasteiger partial charge in [0.15, 0.2) is 6.79 Å². The molecule has 3 aromatic carbocycles. The molecule has 0 aromatic heterocycles. The maximum absolute atomic E-state index is 13.8. The highest BCUT2D eigenvalue weighted by Crippen LogP contribution is 2.38. The molecular formula is C31H33F3N2O8S. The van der Waals surface area contributed by atoms with Crippen LogP contribution in [-0.2, 0) is 41.6 Å². The van der Waals surface area contributed by atoms with Crippen molar-refractivity contribution in [1.82, 2.24) is 0 Å². The number of methoxy groups -OCH3 is 1. The van der Waals surface area contributed by atoms with Gasteiger partial charge in [0, 0.05) is 24.9 Å². The number of benzene rings is 3. The summed E-state index contributed by atoms with van der Waals surface area (Å²) in [7, 11) is -2.15. The van der Waals surface area contributed by atoms with E-state index in [0.29, 0.717) is 59.7 Å². The number of ether oxygens (including phenoxy) is 5. The number of fused-ring (bicyclic) bond motifs is 1. The largest absolute Gasteiger partial charge is 0.465 e. The molecule has 0 bridgehead atoms. The van der Waals surface area contributed by atoms with Crippen LogP contribution in [-0.4, -0.2) is 74.1 Å². The lowest BCUT2D eigenvalue weighted by molar-refractivity contribution is -0.137. The first kappa shape index (κ1) is 32.7. The molecule has 1 amide bonds. The lowest BCUT2D eigenvalue weighted by atomic mass is 9.91. The summed E-state index contributed by atoms with van der Waals surface area (Å²) in [6, 6.07) is 13.5. The van der Waals surface area contributed by atoms with E-state index in [2.05, 4.69) is 4.72 Å². The molecule has 1 atom stereocenters. The van der Waals surface area contributed by atoms with Crippen molar-refractivity contribution in [3.63, 3.8) is 0 Å². The normalized spacial score (nSPS) is 17.2. The number of anilines is 2. The fourth-order valence-corrected chi connectivity index (χ4v) is 5.72. The van der Waals surface area contributed by atoms with Gasteiger partial charge in [-0.05, 0) is 71.1 Å². The lowest BCUT2D eigenvalue weighted by Crippen LogP contribution is -2.37. The van der Waals surface area contributed by atoms with Crippen LogP contribution in [0.5, 0.6) is 5.75 Å². The fourth-order valence-electron chi connectivity index (χ4n) is 5.16. The number of nitrogens with one attached hydrogen (secondary N) is 1. The topological polar surface area (TPSA) is 113 Å². The third-order valence-corrected chi connectivity index (χ3v) is 7.88. The summed E-state index contributed by atoms with van der Waals surface area (Å²) >= 11 is 0. The second-order valence-electron chi connectivity index (χ2n) is 10.6. The number of carbonyl (C=O) groups is 1. The van der Waals surface area contributed by atoms with Gasteiger partial charge in [-0.3, -0.25) is 9.52 Å². The Morgan fingerprint density at radius 1 is 1.02 bits per heavy atom. The smallest absolute Gasteiger partial charge is 0.416 e. The number of carbonyl (C=O) groups excluding carboxylic acids is 1. The van der Waals surface area contributed by atoms with E-state index in [4.69, 9.17) is 23.7 Å². The summed E-state index contributed by atoms with van der Waals surface area (Å²) in [6.45, 7) is 1.60. The number of hydrogen-bond donors (Lipinski definition) is 1. The van der Waals surface area contributed by atoms with Crippen LogP contribution in [0.4, 0.5) is 24.5 Å². The van der Waals surface area contributed by atoms with Crippen molar-refractivity contribution in [2.45, 2.75) is 18.7 Å². The van der Waals surface area contributed by atoms with Crippen molar-refractivity contribution < 1.29 is 50.1 Å². The number of amides is 1. The molecule has 0 radical (unpaired) electrons. The molecule has 14 heteroatoms. The Labute approximate surface area is 259 Å². The SMILES string of the molecule is COCCOCOc1ccc(N2CCc3cc(-c4cc(C5COCCO5)cc(C(F)(F)F)c4)ccc3C2=O)cc1NS(C)(=O)=O. The zero-order valence-corrected chi connectivity index (χ0v) is 25.5. The van der Waals surface area contributed by atoms with E-state index in [1.165, 1.54) is 18.1 Å². The van der Waals surface area contributed by atoms with Crippen molar-refractivity contribution in [2.75, 3.05) is 69.4 Å². The third kappa shape index (κ3) is 8.13. The molecule has 5 rings (SSSR count). The molecule has 3 aromatic rings. The molecular weight excluding hydrogens is 617 g/mol. The van der Waals surface area contributed by atoms with Crippen molar-refractivity contribution in [2.24, 2.45) is 0 Å². The molecule has 2 aliphatic heterocycles. The van der Waals surface area contributed by atoms with Gasteiger partial charge in [-0.2, -0.15) is 13.2 Å². The van der Waals surface area contributed by atoms with Crippen molar-refractivity contribution in [1.29, 1.82) is 0 Å². The zero-order valence-electron chi connectivity index (χ0n) is 24.7. The third-order valence-electron chi connectivity index (χ3n) is 7.29. The molecule has 0 spiro atoms. The van der Waals surface area contributed by atoms with Gasteiger partial charge in [0.05, 0.1) is 50.5 Å². The van der Waals surface area contributed by atoms with Crippen LogP contribution in [0, 0.1) is 0 Å². The number of halogens is 3. The summed E-state index contributed by atoms with van der Waals surface area (Å²) in [5.41, 5.74) is 2.11. The molecule has 0 saturated carbocycles. The van der Waals surface area contributed by atoms with Crippen molar-refractivity contribution in [3.05, 3.63) is 76.9 Å². The quantitative estimate of drug-likeness (QED) is 0.227.